The third kappa shape index (κ3) is 49.5. The van der Waals surface area contributed by atoms with Gasteiger partial charge in [-0.05, 0) is 45.6 Å². The number of carbonyl (C=O) groups excluding carboxylic acids is 4. The predicted octanol–water partition coefficient (Wildman–Crippen LogP) is 14.7. The van der Waals surface area contributed by atoms with Gasteiger partial charge in [0, 0.05) is 25.0 Å². The van der Waals surface area contributed by atoms with Crippen LogP contribution in [-0.2, 0) is 43.0 Å². The first-order valence-electron chi connectivity index (χ1n) is 32.2. The van der Waals surface area contributed by atoms with Crippen LogP contribution in [0, 0.1) is 0 Å². The Bertz CT molecular complexity index is 1490. The van der Waals surface area contributed by atoms with Gasteiger partial charge in [0.25, 0.3) is 0 Å². The molecule has 1 unspecified atom stereocenters. The van der Waals surface area contributed by atoms with E-state index in [9.17, 15) is 33.9 Å². The van der Waals surface area contributed by atoms with Crippen molar-refractivity contribution in [2.24, 2.45) is 22.9 Å². The van der Waals surface area contributed by atoms with E-state index in [1.165, 1.54) is 180 Å². The van der Waals surface area contributed by atoms with E-state index < -0.39 is 52.2 Å². The van der Waals surface area contributed by atoms with Crippen LogP contribution in [-0.4, -0.2) is 93.9 Å². The van der Waals surface area contributed by atoms with Gasteiger partial charge in [-0.2, -0.15) is 0 Å². The van der Waals surface area contributed by atoms with Crippen LogP contribution in [0.25, 0.3) is 0 Å². The van der Waals surface area contributed by atoms with Crippen molar-refractivity contribution in [1.82, 2.24) is 0 Å². The van der Waals surface area contributed by atoms with E-state index in [1.807, 2.05) is 0 Å². The predicted molar refractivity (Wildman–Crippen MR) is 326 cm³/mol. The van der Waals surface area contributed by atoms with Gasteiger partial charge in [-0.15, -0.1) is 11.8 Å². The Balaban J connectivity index is 0. The largest absolute Gasteiger partial charge is 0.480 e. The number of hydrogen-bond acceptors (Lipinski definition) is 14. The molecule has 0 aliphatic carbocycles. The molecule has 0 saturated heterocycles. The van der Waals surface area contributed by atoms with Gasteiger partial charge in [-0.25, -0.2) is 4.79 Å². The maximum absolute atomic E-state index is 13.4. The molecule has 0 bridgehead atoms. The number of carboxylic acids is 2. The monoisotopic (exact) mass is 1140 g/mol. The van der Waals surface area contributed by atoms with Gasteiger partial charge >= 0.3 is 29.8 Å². The molecule has 0 aromatic carbocycles. The van der Waals surface area contributed by atoms with Crippen LogP contribution in [0.2, 0.25) is 0 Å². The molecule has 15 nitrogen and oxygen atoms in total. The molecule has 0 aliphatic heterocycles. The fourth-order valence-corrected chi connectivity index (χ4v) is 10.4. The van der Waals surface area contributed by atoms with Crippen LogP contribution >= 0.6 is 11.8 Å². The third-order valence-corrected chi connectivity index (χ3v) is 16.2. The highest BCUT2D eigenvalue weighted by Crippen LogP contribution is 2.32. The minimum atomic E-state index is -2.14. The second-order valence-corrected chi connectivity index (χ2v) is 24.1. The first-order chi connectivity index (χ1) is 38.0. The Morgan fingerprint density at radius 2 is 0.797 bits per heavy atom. The Labute approximate surface area is 486 Å². The number of ketones is 1. The van der Waals surface area contributed by atoms with Gasteiger partial charge in [0.05, 0.1) is 0 Å². The average molecular weight is 1140 g/mol. The first kappa shape index (κ1) is 78.3. The summed E-state index contributed by atoms with van der Waals surface area (Å²) in [5, 5.41) is 18.6. The lowest BCUT2D eigenvalue weighted by atomic mass is 9.93. The second-order valence-electron chi connectivity index (χ2n) is 22.7. The van der Waals surface area contributed by atoms with Crippen LogP contribution in [0.4, 0.5) is 0 Å². The number of nitrogens with two attached hydrogens (primary N) is 4. The highest BCUT2D eigenvalue weighted by molar-refractivity contribution is 8.00. The molecule has 0 fully saturated rings. The molecule has 0 aromatic rings. The molecule has 0 rings (SSSR count). The molecule has 4 atom stereocenters. The normalized spacial score (nSPS) is 13.6. The molecule has 0 spiro atoms. The first-order valence-corrected chi connectivity index (χ1v) is 33.2. The molecule has 0 radical (unpaired) electrons. The zero-order valence-corrected chi connectivity index (χ0v) is 51.9. The number of carbonyl (C=O) groups is 6. The second kappa shape index (κ2) is 55.7. The molecule has 0 heterocycles. The van der Waals surface area contributed by atoms with Crippen molar-refractivity contribution in [1.29, 1.82) is 0 Å². The van der Waals surface area contributed by atoms with Crippen LogP contribution in [0.3, 0.4) is 0 Å². The molecule has 0 amide bonds. The van der Waals surface area contributed by atoms with Crippen molar-refractivity contribution in [3.8, 4) is 0 Å². The summed E-state index contributed by atoms with van der Waals surface area (Å²) in [7, 11) is 0. The maximum Gasteiger partial charge on any atom is 0.332 e. The minimum Gasteiger partial charge on any atom is -0.480 e. The van der Waals surface area contributed by atoms with E-state index in [-0.39, 0.29) is 44.2 Å². The van der Waals surface area contributed by atoms with Crippen LogP contribution in [0.15, 0.2) is 0 Å². The number of aliphatic carboxylic acids is 2. The quantitative estimate of drug-likeness (QED) is 0.0109. The Morgan fingerprint density at radius 3 is 1.14 bits per heavy atom. The number of unbranched alkanes of at least 4 members (excludes halogenated alkanes) is 37. The van der Waals surface area contributed by atoms with Crippen LogP contribution in [0.1, 0.15) is 317 Å². The summed E-state index contributed by atoms with van der Waals surface area (Å²) >= 11 is 0.982. The van der Waals surface area contributed by atoms with E-state index in [1.54, 1.807) is 6.92 Å². The smallest absolute Gasteiger partial charge is 0.332 e. The summed E-state index contributed by atoms with van der Waals surface area (Å²) in [4.78, 5) is 72.1. The van der Waals surface area contributed by atoms with E-state index in [0.29, 0.717) is 25.8 Å². The number of Topliss-reactive ketones (excluding diaryl/α,β-unsaturated/α-hetero) is 1. The van der Waals surface area contributed by atoms with Crippen molar-refractivity contribution in [3.63, 3.8) is 0 Å². The zero-order valence-electron chi connectivity index (χ0n) is 51.1. The number of rotatable bonds is 58. The van der Waals surface area contributed by atoms with Gasteiger partial charge in [-0.3, -0.25) is 24.0 Å². The Hall–Kier alpha value is -2.79. The van der Waals surface area contributed by atoms with Crippen molar-refractivity contribution >= 4 is 47.4 Å². The Kier molecular flexibility index (Phi) is 55.2. The molecule has 16 heteroatoms. The maximum atomic E-state index is 13.4. The fraction of sp³-hybridized carbons (Fsp3) is 0.905. The summed E-state index contributed by atoms with van der Waals surface area (Å²) in [6, 6.07) is -1.95. The van der Waals surface area contributed by atoms with Crippen molar-refractivity contribution < 1.29 is 53.2 Å². The van der Waals surface area contributed by atoms with Gasteiger partial charge in [0.2, 0.25) is 0 Å². The van der Waals surface area contributed by atoms with Gasteiger partial charge in [0.1, 0.15) is 25.3 Å². The third-order valence-electron chi connectivity index (χ3n) is 14.8. The highest BCUT2D eigenvalue weighted by Gasteiger charge is 2.45. The fourth-order valence-electron chi connectivity index (χ4n) is 9.28. The molecule has 466 valence electrons. The summed E-state index contributed by atoms with van der Waals surface area (Å²) in [5.41, 5.74) is 20.2. The average Bonchev–Trinajstić information content (AvgIpc) is 3.43. The number of esters is 3. The molecular weight excluding hydrogens is 1020 g/mol. The summed E-state index contributed by atoms with van der Waals surface area (Å²) < 4.78 is 16.3. The Morgan fingerprint density at radius 1 is 0.456 bits per heavy atom. The topological polar surface area (TPSA) is 275 Å². The lowest BCUT2D eigenvalue weighted by Crippen LogP contribution is -2.58. The molecule has 0 aromatic heterocycles. The van der Waals surface area contributed by atoms with Gasteiger partial charge < -0.3 is 47.4 Å². The van der Waals surface area contributed by atoms with E-state index in [0.717, 1.165) is 82.4 Å². The van der Waals surface area contributed by atoms with Crippen LogP contribution < -0.4 is 22.9 Å². The van der Waals surface area contributed by atoms with Crippen LogP contribution in [0.5, 0.6) is 0 Å². The van der Waals surface area contributed by atoms with Gasteiger partial charge in [0.15, 0.2) is 16.3 Å². The van der Waals surface area contributed by atoms with E-state index >= 15 is 0 Å². The SMILES string of the molecule is CCCCCCCCCCCCCCCC(=O)OC[C@](C)(OC(=O)CCCCCCCCCCCCCCC)SC[C@@](N)(C(=O)O)C(=O)CCCCCCCCCCCCCCC.NCCCCC(N)C(=O)OC[C@H](N)C(=O)O. The standard InChI is InChI=1S/C54H103NO7S.C9H19N3O4/c1-5-8-11-14-17-20-23-26-29-32-35-38-41-44-49(56)54(55,52(59)60)48-63-53(4,62-51(58)46-43-40-37-34-31-28-25-22-19-16-13-10-7-3)47-61-50(57)45-42-39-36-33-30-27-24-21-18-15-12-9-6-2;10-4-2-1-3-6(11)9(15)16-5-7(12)8(13)14/h5-48,55H2,1-4H3,(H,59,60);6-7H,1-5,10-12H2,(H,13,14)/t53-,54+;6?,7-/m10/s1. The lowest BCUT2D eigenvalue weighted by molar-refractivity contribution is -0.161. The number of carboxylic acid groups (broad SMARTS) is 2. The van der Waals surface area contributed by atoms with Crippen molar-refractivity contribution in [2.45, 2.75) is 339 Å². The summed E-state index contributed by atoms with van der Waals surface area (Å²) in [6.45, 7) is 8.34. The highest BCUT2D eigenvalue weighted by atomic mass is 32.2. The van der Waals surface area contributed by atoms with Crippen molar-refractivity contribution in [2.75, 3.05) is 25.5 Å². The molecule has 0 aliphatic rings. The van der Waals surface area contributed by atoms with E-state index in [4.69, 9.17) is 37.5 Å². The zero-order chi connectivity index (χ0) is 59.1. The number of ether oxygens (including phenoxy) is 3. The molecule has 10 N–H and O–H groups in total. The lowest BCUT2D eigenvalue weighted by Gasteiger charge is -2.32. The summed E-state index contributed by atoms with van der Waals surface area (Å²) in [6.07, 6.45) is 49.3. The molecule has 0 saturated carbocycles. The van der Waals surface area contributed by atoms with Gasteiger partial charge in [-0.1, -0.05) is 258 Å². The molecular formula is C63H122N4O11S. The van der Waals surface area contributed by atoms with E-state index in [2.05, 4.69) is 25.5 Å². The van der Waals surface area contributed by atoms with Crippen molar-refractivity contribution in [3.05, 3.63) is 0 Å². The number of hydrogen-bond donors (Lipinski definition) is 6. The molecule has 79 heavy (non-hydrogen) atoms. The number of thioether (sulfide) groups is 1. The minimum absolute atomic E-state index is 0.0881. The summed E-state index contributed by atoms with van der Waals surface area (Å²) in [5.74, 6) is -4.85.